The molecule has 1 amide bonds. The SMILES string of the molecule is COc1cc2c(N)nc(N3CCN(C(=O)c4cc5cc(C#N)ccc5[nH]4)CC3)nc2c(F)c1OC. The van der Waals surface area contributed by atoms with Gasteiger partial charge in [0.15, 0.2) is 17.3 Å². The van der Waals surface area contributed by atoms with Crippen molar-refractivity contribution in [1.82, 2.24) is 19.9 Å². The molecule has 0 spiro atoms. The molecule has 35 heavy (non-hydrogen) atoms. The van der Waals surface area contributed by atoms with Crippen LogP contribution in [0.25, 0.3) is 21.8 Å². The summed E-state index contributed by atoms with van der Waals surface area (Å²) in [6.45, 7) is 1.75. The van der Waals surface area contributed by atoms with Crippen molar-refractivity contribution in [3.63, 3.8) is 0 Å². The van der Waals surface area contributed by atoms with Crippen molar-refractivity contribution in [2.75, 3.05) is 51.0 Å². The third-order valence-corrected chi connectivity index (χ3v) is 6.12. The maximum absolute atomic E-state index is 15.1. The Balaban J connectivity index is 1.36. The number of nitrogens with zero attached hydrogens (tertiary/aromatic N) is 5. The Hall–Kier alpha value is -4.59. The lowest BCUT2D eigenvalue weighted by atomic mass is 10.2. The van der Waals surface area contributed by atoms with Crippen LogP contribution in [0, 0.1) is 17.1 Å². The molecule has 1 fully saturated rings. The summed E-state index contributed by atoms with van der Waals surface area (Å²) in [5, 5.41) is 10.2. The molecule has 5 rings (SSSR count). The van der Waals surface area contributed by atoms with Crippen LogP contribution in [0.4, 0.5) is 16.2 Å². The van der Waals surface area contributed by atoms with Crippen molar-refractivity contribution >= 4 is 39.5 Å². The van der Waals surface area contributed by atoms with Crippen molar-refractivity contribution in [2.45, 2.75) is 0 Å². The molecule has 0 aliphatic carbocycles. The number of aromatic nitrogens is 3. The van der Waals surface area contributed by atoms with Gasteiger partial charge >= 0.3 is 0 Å². The van der Waals surface area contributed by atoms with Crippen molar-refractivity contribution in [3.05, 3.63) is 47.4 Å². The van der Waals surface area contributed by atoms with Gasteiger partial charge in [0.25, 0.3) is 5.91 Å². The number of carbonyl (C=O) groups is 1. The minimum absolute atomic E-state index is 0.0402. The molecule has 4 aromatic rings. The number of halogens is 1. The number of ether oxygens (including phenoxy) is 2. The molecule has 3 heterocycles. The lowest BCUT2D eigenvalue weighted by molar-refractivity contribution is 0.0741. The molecular formula is C24H22FN7O3. The summed E-state index contributed by atoms with van der Waals surface area (Å²) >= 11 is 0. The van der Waals surface area contributed by atoms with E-state index in [9.17, 15) is 4.79 Å². The van der Waals surface area contributed by atoms with Gasteiger partial charge in [0.2, 0.25) is 5.95 Å². The average Bonchev–Trinajstić information content (AvgIpc) is 3.32. The minimum atomic E-state index is -0.676. The predicted octanol–water partition coefficient (Wildman–Crippen LogP) is 2.68. The van der Waals surface area contributed by atoms with Gasteiger partial charge in [-0.05, 0) is 30.3 Å². The summed E-state index contributed by atoms with van der Waals surface area (Å²) in [5.74, 6) is -0.264. The number of piperazine rings is 1. The zero-order valence-electron chi connectivity index (χ0n) is 19.1. The van der Waals surface area contributed by atoms with E-state index >= 15 is 4.39 Å². The topological polar surface area (TPSA) is 133 Å². The zero-order valence-corrected chi connectivity index (χ0v) is 19.1. The number of nitrogens with two attached hydrogens (primary N) is 1. The van der Waals surface area contributed by atoms with Gasteiger partial charge in [-0.2, -0.15) is 10.2 Å². The highest BCUT2D eigenvalue weighted by Gasteiger charge is 2.26. The molecule has 10 nitrogen and oxygen atoms in total. The first kappa shape index (κ1) is 22.2. The molecule has 3 N–H and O–H groups in total. The van der Waals surface area contributed by atoms with Gasteiger partial charge in [-0.3, -0.25) is 4.79 Å². The molecule has 1 aliphatic heterocycles. The van der Waals surface area contributed by atoms with E-state index in [1.807, 2.05) is 4.90 Å². The number of rotatable bonds is 4. The zero-order chi connectivity index (χ0) is 24.7. The fourth-order valence-electron chi connectivity index (χ4n) is 4.28. The fourth-order valence-corrected chi connectivity index (χ4v) is 4.28. The number of nitrogen functional groups attached to an aromatic ring is 1. The van der Waals surface area contributed by atoms with E-state index < -0.39 is 5.82 Å². The molecular weight excluding hydrogens is 453 g/mol. The number of H-pyrrole nitrogens is 1. The third kappa shape index (κ3) is 3.78. The molecule has 178 valence electrons. The monoisotopic (exact) mass is 475 g/mol. The maximum atomic E-state index is 15.1. The molecule has 0 unspecified atom stereocenters. The van der Waals surface area contributed by atoms with E-state index in [2.05, 4.69) is 21.0 Å². The molecule has 1 saturated heterocycles. The van der Waals surface area contributed by atoms with Crippen LogP contribution in [0.15, 0.2) is 30.3 Å². The van der Waals surface area contributed by atoms with E-state index in [0.717, 1.165) is 10.9 Å². The van der Waals surface area contributed by atoms with Crippen LogP contribution in [0.2, 0.25) is 0 Å². The Morgan fingerprint density at radius 1 is 1.14 bits per heavy atom. The Bertz CT molecular complexity index is 1500. The van der Waals surface area contributed by atoms with Gasteiger partial charge in [0, 0.05) is 42.5 Å². The van der Waals surface area contributed by atoms with Crippen molar-refractivity contribution < 1.29 is 18.7 Å². The van der Waals surface area contributed by atoms with Gasteiger partial charge in [0.05, 0.1) is 25.9 Å². The summed E-state index contributed by atoms with van der Waals surface area (Å²) in [7, 11) is 2.76. The van der Waals surface area contributed by atoms with Gasteiger partial charge in [0.1, 0.15) is 17.0 Å². The summed E-state index contributed by atoms with van der Waals surface area (Å²) in [6.07, 6.45) is 0. The van der Waals surface area contributed by atoms with E-state index in [-0.39, 0.29) is 34.7 Å². The summed E-state index contributed by atoms with van der Waals surface area (Å²) in [5.41, 5.74) is 7.95. The van der Waals surface area contributed by atoms with Crippen LogP contribution in [-0.2, 0) is 0 Å². The highest BCUT2D eigenvalue weighted by atomic mass is 19.1. The molecule has 1 aliphatic rings. The molecule has 2 aromatic heterocycles. The number of nitrogens with one attached hydrogen (secondary N) is 1. The maximum Gasteiger partial charge on any atom is 0.270 e. The van der Waals surface area contributed by atoms with Crippen molar-refractivity contribution in [1.29, 1.82) is 5.26 Å². The Labute approximate surface area is 199 Å². The summed E-state index contributed by atoms with van der Waals surface area (Å²) in [6, 6.07) is 10.6. The molecule has 2 aromatic carbocycles. The standard InChI is InChI=1S/C24H22FN7O3/c1-34-18-11-15-20(19(25)21(18)35-2)29-24(30-22(15)27)32-7-5-31(6-8-32)23(33)17-10-14-9-13(12-26)3-4-16(14)28-17/h3-4,9-11,28H,5-8H2,1-2H3,(H2,27,29,30). The first-order valence-electron chi connectivity index (χ1n) is 10.9. The Morgan fingerprint density at radius 2 is 1.91 bits per heavy atom. The Morgan fingerprint density at radius 3 is 2.60 bits per heavy atom. The predicted molar refractivity (Wildman–Crippen MR) is 128 cm³/mol. The highest BCUT2D eigenvalue weighted by molar-refractivity contribution is 5.98. The first-order chi connectivity index (χ1) is 16.9. The lowest BCUT2D eigenvalue weighted by Crippen LogP contribution is -2.49. The largest absolute Gasteiger partial charge is 0.493 e. The van der Waals surface area contributed by atoms with Crippen LogP contribution < -0.4 is 20.1 Å². The second-order valence-electron chi connectivity index (χ2n) is 8.11. The number of hydrogen-bond donors (Lipinski definition) is 2. The van der Waals surface area contributed by atoms with Gasteiger partial charge in [-0.15, -0.1) is 0 Å². The van der Waals surface area contributed by atoms with Crippen LogP contribution in [0.5, 0.6) is 11.5 Å². The van der Waals surface area contributed by atoms with Gasteiger partial charge in [-0.1, -0.05) is 0 Å². The van der Waals surface area contributed by atoms with E-state index in [1.54, 1.807) is 35.2 Å². The smallest absolute Gasteiger partial charge is 0.270 e. The number of nitriles is 1. The van der Waals surface area contributed by atoms with Crippen LogP contribution in [0.1, 0.15) is 16.1 Å². The number of methoxy groups -OCH3 is 2. The molecule has 11 heteroatoms. The molecule has 0 radical (unpaired) electrons. The van der Waals surface area contributed by atoms with Crippen molar-refractivity contribution in [2.24, 2.45) is 0 Å². The van der Waals surface area contributed by atoms with E-state index in [4.69, 9.17) is 20.5 Å². The van der Waals surface area contributed by atoms with Gasteiger partial charge < -0.3 is 30.0 Å². The van der Waals surface area contributed by atoms with Crippen molar-refractivity contribution in [3.8, 4) is 17.6 Å². The second kappa shape index (κ2) is 8.64. The number of aromatic amines is 1. The third-order valence-electron chi connectivity index (χ3n) is 6.12. The first-order valence-corrected chi connectivity index (χ1v) is 10.9. The molecule has 0 bridgehead atoms. The van der Waals surface area contributed by atoms with Crippen LogP contribution in [-0.4, -0.2) is 66.2 Å². The fraction of sp³-hybridized carbons (Fsp3) is 0.250. The lowest BCUT2D eigenvalue weighted by Gasteiger charge is -2.34. The van der Waals surface area contributed by atoms with Gasteiger partial charge in [-0.25, -0.2) is 9.37 Å². The summed E-state index contributed by atoms with van der Waals surface area (Å²) < 4.78 is 25.4. The quantitative estimate of drug-likeness (QED) is 0.460. The number of carbonyl (C=O) groups excluding carboxylic acids is 1. The average molecular weight is 475 g/mol. The highest BCUT2D eigenvalue weighted by Crippen LogP contribution is 2.37. The van der Waals surface area contributed by atoms with E-state index in [0.29, 0.717) is 42.8 Å². The van der Waals surface area contributed by atoms with Crippen LogP contribution in [0.3, 0.4) is 0 Å². The summed E-state index contributed by atoms with van der Waals surface area (Å²) in [4.78, 5) is 28.5. The Kier molecular flexibility index (Phi) is 5.49. The molecule has 0 atom stereocenters. The molecule has 0 saturated carbocycles. The number of anilines is 2. The van der Waals surface area contributed by atoms with Crippen LogP contribution >= 0.6 is 0 Å². The number of benzene rings is 2. The number of hydrogen-bond acceptors (Lipinski definition) is 8. The van der Waals surface area contributed by atoms with E-state index in [1.165, 1.54) is 14.2 Å². The normalized spacial score (nSPS) is 13.8. The number of fused-ring (bicyclic) bond motifs is 2. The second-order valence-corrected chi connectivity index (χ2v) is 8.11. The minimum Gasteiger partial charge on any atom is -0.493 e. The number of amides is 1.